The number of hydrogen-bond acceptors (Lipinski definition) is 5. The molecule has 0 aliphatic heterocycles. The predicted molar refractivity (Wildman–Crippen MR) is 125 cm³/mol. The molecule has 156 valence electrons. The maximum absolute atomic E-state index is 6.35. The number of anilines is 3. The Morgan fingerprint density at radius 3 is 2.07 bits per heavy atom. The van der Waals surface area contributed by atoms with Crippen molar-refractivity contribution in [2.24, 2.45) is 0 Å². The van der Waals surface area contributed by atoms with Crippen LogP contribution in [0.3, 0.4) is 0 Å². The Kier molecular flexibility index (Phi) is 6.20. The molecule has 0 unspecified atom stereocenters. The standard InChI is InChI=1S/C23H33N5O/c1-8-16(9-2)29-19-10-13(3)27-23-20(14(4)28-22(19)23)21-17(25-6)11-15(24-5)12-18(21)26-7/h10-12,16,24-26,28H,8-9H2,1-7H3. The first-order chi connectivity index (χ1) is 14.0. The molecule has 0 radical (unpaired) electrons. The van der Waals surface area contributed by atoms with Crippen LogP contribution in [-0.4, -0.2) is 37.2 Å². The largest absolute Gasteiger partial charge is 0.488 e. The molecule has 0 spiro atoms. The van der Waals surface area contributed by atoms with Crippen molar-refractivity contribution in [3.63, 3.8) is 0 Å². The zero-order chi connectivity index (χ0) is 21.1. The Bertz CT molecular complexity index is 979. The molecule has 29 heavy (non-hydrogen) atoms. The molecule has 0 aliphatic carbocycles. The molecule has 1 aromatic carbocycles. The van der Waals surface area contributed by atoms with Gasteiger partial charge in [-0.25, -0.2) is 0 Å². The summed E-state index contributed by atoms with van der Waals surface area (Å²) in [6, 6.07) is 6.26. The number of aromatic amines is 1. The average Bonchev–Trinajstić information content (AvgIpc) is 3.06. The molecule has 4 N–H and O–H groups in total. The molecule has 0 saturated carbocycles. The minimum Gasteiger partial charge on any atom is -0.488 e. The van der Waals surface area contributed by atoms with E-state index < -0.39 is 0 Å². The van der Waals surface area contributed by atoms with Gasteiger partial charge in [-0.3, -0.25) is 4.98 Å². The van der Waals surface area contributed by atoms with Crippen molar-refractivity contribution in [1.82, 2.24) is 9.97 Å². The predicted octanol–water partition coefficient (Wildman–Crippen LogP) is 5.54. The van der Waals surface area contributed by atoms with Gasteiger partial charge in [-0.15, -0.1) is 0 Å². The van der Waals surface area contributed by atoms with Gasteiger partial charge in [0.25, 0.3) is 0 Å². The normalized spacial score (nSPS) is 11.2. The Morgan fingerprint density at radius 2 is 1.55 bits per heavy atom. The number of nitrogens with zero attached hydrogens (tertiary/aromatic N) is 1. The van der Waals surface area contributed by atoms with Gasteiger partial charge in [0, 0.05) is 66.8 Å². The number of aryl methyl sites for hydroxylation is 2. The van der Waals surface area contributed by atoms with Crippen LogP contribution in [0.4, 0.5) is 17.1 Å². The fourth-order valence-electron chi connectivity index (χ4n) is 3.86. The summed E-state index contributed by atoms with van der Waals surface area (Å²) in [5.41, 5.74) is 9.22. The maximum atomic E-state index is 6.35. The lowest BCUT2D eigenvalue weighted by atomic mass is 9.99. The summed E-state index contributed by atoms with van der Waals surface area (Å²) in [5.74, 6) is 0.874. The highest BCUT2D eigenvalue weighted by Gasteiger charge is 2.22. The molecule has 6 heteroatoms. The lowest BCUT2D eigenvalue weighted by molar-refractivity contribution is 0.195. The Hall–Kier alpha value is -2.89. The number of nitrogens with one attached hydrogen (secondary N) is 4. The number of ether oxygens (including phenoxy) is 1. The van der Waals surface area contributed by atoms with E-state index in [0.29, 0.717) is 0 Å². The maximum Gasteiger partial charge on any atom is 0.147 e. The van der Waals surface area contributed by atoms with Gasteiger partial charge in [-0.05, 0) is 38.8 Å². The van der Waals surface area contributed by atoms with Crippen molar-refractivity contribution in [2.45, 2.75) is 46.6 Å². The van der Waals surface area contributed by atoms with E-state index in [1.54, 1.807) is 0 Å². The smallest absolute Gasteiger partial charge is 0.147 e. The van der Waals surface area contributed by atoms with Crippen LogP contribution in [0.25, 0.3) is 22.2 Å². The molecule has 3 rings (SSSR count). The third-order valence-electron chi connectivity index (χ3n) is 5.46. The summed E-state index contributed by atoms with van der Waals surface area (Å²) in [4.78, 5) is 8.45. The molecule has 0 atom stereocenters. The molecule has 0 amide bonds. The molecule has 3 aromatic rings. The van der Waals surface area contributed by atoms with Crippen LogP contribution in [-0.2, 0) is 0 Å². The van der Waals surface area contributed by atoms with Gasteiger partial charge < -0.3 is 25.7 Å². The van der Waals surface area contributed by atoms with Crippen LogP contribution >= 0.6 is 0 Å². The monoisotopic (exact) mass is 395 g/mol. The van der Waals surface area contributed by atoms with Crippen molar-refractivity contribution in [2.75, 3.05) is 37.1 Å². The van der Waals surface area contributed by atoms with E-state index in [1.807, 2.05) is 34.1 Å². The molecule has 2 aromatic heterocycles. The van der Waals surface area contributed by atoms with Crippen molar-refractivity contribution in [1.29, 1.82) is 0 Å². The molecule has 0 fully saturated rings. The van der Waals surface area contributed by atoms with Crippen LogP contribution < -0.4 is 20.7 Å². The first-order valence-corrected chi connectivity index (χ1v) is 10.3. The number of fused-ring (bicyclic) bond motifs is 1. The van der Waals surface area contributed by atoms with Crippen molar-refractivity contribution < 1.29 is 4.74 Å². The fourth-order valence-corrected chi connectivity index (χ4v) is 3.86. The first-order valence-electron chi connectivity index (χ1n) is 10.3. The van der Waals surface area contributed by atoms with Crippen molar-refractivity contribution in [3.05, 3.63) is 29.6 Å². The lowest BCUT2D eigenvalue weighted by Gasteiger charge is -2.18. The summed E-state index contributed by atoms with van der Waals surface area (Å²) in [6.45, 7) is 8.44. The molecule has 0 aliphatic rings. The quantitative estimate of drug-likeness (QED) is 0.403. The van der Waals surface area contributed by atoms with Crippen LogP contribution in [0.5, 0.6) is 5.75 Å². The van der Waals surface area contributed by atoms with Gasteiger partial charge in [0.15, 0.2) is 0 Å². The van der Waals surface area contributed by atoms with Crippen LogP contribution in [0.2, 0.25) is 0 Å². The first kappa shape index (κ1) is 20.8. The summed E-state index contributed by atoms with van der Waals surface area (Å²) >= 11 is 0. The Balaban J connectivity index is 2.29. The number of rotatable bonds is 8. The van der Waals surface area contributed by atoms with E-state index in [9.17, 15) is 0 Å². The highest BCUT2D eigenvalue weighted by molar-refractivity contribution is 6.05. The van der Waals surface area contributed by atoms with E-state index in [4.69, 9.17) is 9.72 Å². The molecule has 2 heterocycles. The minimum absolute atomic E-state index is 0.197. The van der Waals surface area contributed by atoms with Crippen LogP contribution in [0, 0.1) is 13.8 Å². The molecule has 0 saturated heterocycles. The number of aromatic nitrogens is 2. The second-order valence-electron chi connectivity index (χ2n) is 7.36. The average molecular weight is 396 g/mol. The van der Waals surface area contributed by atoms with E-state index >= 15 is 0 Å². The minimum atomic E-state index is 0.197. The van der Waals surface area contributed by atoms with Gasteiger partial charge in [0.2, 0.25) is 0 Å². The lowest BCUT2D eigenvalue weighted by Crippen LogP contribution is -2.14. The van der Waals surface area contributed by atoms with E-state index in [1.165, 1.54) is 0 Å². The summed E-state index contributed by atoms with van der Waals surface area (Å²) in [6.07, 6.45) is 2.15. The fraction of sp³-hybridized carbons (Fsp3) is 0.435. The highest BCUT2D eigenvalue weighted by atomic mass is 16.5. The van der Waals surface area contributed by atoms with E-state index in [0.717, 1.165) is 69.2 Å². The van der Waals surface area contributed by atoms with Gasteiger partial charge in [-0.1, -0.05) is 13.8 Å². The van der Waals surface area contributed by atoms with Gasteiger partial charge in [0.1, 0.15) is 16.8 Å². The summed E-state index contributed by atoms with van der Waals surface area (Å²) in [5, 5.41) is 9.93. The molecular weight excluding hydrogens is 362 g/mol. The van der Waals surface area contributed by atoms with Gasteiger partial charge in [0.05, 0.1) is 6.10 Å². The zero-order valence-electron chi connectivity index (χ0n) is 18.6. The van der Waals surface area contributed by atoms with Crippen molar-refractivity contribution in [3.8, 4) is 16.9 Å². The SMILES string of the molecule is CCC(CC)Oc1cc(C)nc2c(-c3c(NC)cc(NC)cc3NC)c(C)[nH]c12. The third kappa shape index (κ3) is 3.84. The topological polar surface area (TPSA) is 74.0 Å². The van der Waals surface area contributed by atoms with E-state index in [-0.39, 0.29) is 6.10 Å². The highest BCUT2D eigenvalue weighted by Crippen LogP contribution is 2.44. The summed E-state index contributed by atoms with van der Waals surface area (Å²) < 4.78 is 6.35. The van der Waals surface area contributed by atoms with Crippen molar-refractivity contribution >= 4 is 28.1 Å². The Labute approximate surface area is 173 Å². The third-order valence-corrected chi connectivity index (χ3v) is 5.46. The summed E-state index contributed by atoms with van der Waals surface area (Å²) in [7, 11) is 5.82. The van der Waals surface area contributed by atoms with Crippen LogP contribution in [0.15, 0.2) is 18.2 Å². The Morgan fingerprint density at radius 1 is 0.931 bits per heavy atom. The second-order valence-corrected chi connectivity index (χ2v) is 7.36. The number of H-pyrrole nitrogens is 1. The number of benzene rings is 1. The van der Waals surface area contributed by atoms with E-state index in [2.05, 4.69) is 53.8 Å². The molecule has 0 bridgehead atoms. The molecular formula is C23H33N5O. The number of pyridine rings is 1. The van der Waals surface area contributed by atoms with Gasteiger partial charge in [-0.2, -0.15) is 0 Å². The van der Waals surface area contributed by atoms with Gasteiger partial charge >= 0.3 is 0 Å². The molecule has 6 nitrogen and oxygen atoms in total. The zero-order valence-corrected chi connectivity index (χ0v) is 18.6. The second kappa shape index (κ2) is 8.64. The van der Waals surface area contributed by atoms with Crippen LogP contribution in [0.1, 0.15) is 38.1 Å². The number of hydrogen-bond donors (Lipinski definition) is 4.